The first-order chi connectivity index (χ1) is 10.2. The molecule has 5 nitrogen and oxygen atoms in total. The lowest BCUT2D eigenvalue weighted by Crippen LogP contribution is -2.42. The van der Waals surface area contributed by atoms with Crippen molar-refractivity contribution in [2.45, 2.75) is 52.7 Å². The summed E-state index contributed by atoms with van der Waals surface area (Å²) in [5.74, 6) is -0.535. The van der Waals surface area contributed by atoms with Crippen molar-refractivity contribution < 1.29 is 14.8 Å². The lowest BCUT2D eigenvalue weighted by atomic mass is 9.75. The van der Waals surface area contributed by atoms with Gasteiger partial charge >= 0.3 is 0 Å². The van der Waals surface area contributed by atoms with Crippen LogP contribution in [-0.2, 0) is 0 Å². The molecule has 0 aliphatic rings. The van der Waals surface area contributed by atoms with Gasteiger partial charge in [-0.25, -0.2) is 0 Å². The van der Waals surface area contributed by atoms with Gasteiger partial charge in [-0.1, -0.05) is 64.4 Å². The molecular formula is C17H25NO4. The fourth-order valence-electron chi connectivity index (χ4n) is 2.70. The smallest absolute Gasteiger partial charge is 0.246 e. The van der Waals surface area contributed by atoms with Crippen molar-refractivity contribution in [3.05, 3.63) is 46.0 Å². The molecule has 1 aromatic rings. The van der Waals surface area contributed by atoms with Crippen LogP contribution in [0.3, 0.4) is 0 Å². The molecule has 122 valence electrons. The summed E-state index contributed by atoms with van der Waals surface area (Å²) < 4.78 is 0. The topological polar surface area (TPSA) is 80.4 Å². The van der Waals surface area contributed by atoms with Crippen molar-refractivity contribution in [2.24, 2.45) is 11.3 Å². The average Bonchev–Trinajstić information content (AvgIpc) is 2.46. The number of Topliss-reactive ketones (excluding diaryl/α,β-unsaturated/α-hetero) is 1. The maximum Gasteiger partial charge on any atom is 0.246 e. The minimum Gasteiger partial charge on any atom is -0.378 e. The van der Waals surface area contributed by atoms with E-state index in [-0.39, 0.29) is 17.8 Å². The third-order valence-corrected chi connectivity index (χ3v) is 4.21. The number of nitro groups is 1. The predicted molar refractivity (Wildman–Crippen MR) is 85.4 cm³/mol. The maximum absolute atomic E-state index is 12.3. The predicted octanol–water partition coefficient (Wildman–Crippen LogP) is 3.34. The van der Waals surface area contributed by atoms with Gasteiger partial charge in [0.1, 0.15) is 0 Å². The zero-order valence-corrected chi connectivity index (χ0v) is 13.7. The Morgan fingerprint density at radius 3 is 2.23 bits per heavy atom. The Balaban J connectivity index is 2.95. The largest absolute Gasteiger partial charge is 0.378 e. The molecule has 0 aliphatic heterocycles. The van der Waals surface area contributed by atoms with Crippen LogP contribution < -0.4 is 0 Å². The summed E-state index contributed by atoms with van der Waals surface area (Å²) in [7, 11) is 0. The second-order valence-electron chi connectivity index (χ2n) is 6.73. The Bertz CT molecular complexity index is 507. The number of hydrogen-bond acceptors (Lipinski definition) is 4. The SMILES string of the molecule is CCC(CC(C(O)C(=O)c1ccccc1)[N+](=O)[O-])C(C)(C)C. The summed E-state index contributed by atoms with van der Waals surface area (Å²) in [5, 5.41) is 21.6. The van der Waals surface area contributed by atoms with Gasteiger partial charge < -0.3 is 5.11 Å². The van der Waals surface area contributed by atoms with Crippen molar-refractivity contribution in [1.29, 1.82) is 0 Å². The van der Waals surface area contributed by atoms with E-state index >= 15 is 0 Å². The van der Waals surface area contributed by atoms with Gasteiger partial charge in [0.15, 0.2) is 11.9 Å². The van der Waals surface area contributed by atoms with E-state index < -0.39 is 22.9 Å². The minimum absolute atomic E-state index is 0.0566. The number of carbonyl (C=O) groups is 1. The van der Waals surface area contributed by atoms with Crippen molar-refractivity contribution in [2.75, 3.05) is 0 Å². The van der Waals surface area contributed by atoms with Crippen molar-refractivity contribution in [1.82, 2.24) is 0 Å². The highest BCUT2D eigenvalue weighted by atomic mass is 16.6. The summed E-state index contributed by atoms with van der Waals surface area (Å²) in [6, 6.07) is 6.93. The lowest BCUT2D eigenvalue weighted by molar-refractivity contribution is -0.533. The van der Waals surface area contributed by atoms with Crippen molar-refractivity contribution >= 4 is 5.78 Å². The lowest BCUT2D eigenvalue weighted by Gasteiger charge is -2.31. The zero-order valence-electron chi connectivity index (χ0n) is 13.7. The molecule has 0 saturated carbocycles. The summed E-state index contributed by atoms with van der Waals surface area (Å²) in [6.07, 6.45) is -0.666. The standard InChI is InChI=1S/C17H25NO4/c1-5-13(17(2,3)4)11-14(18(21)22)16(20)15(19)12-9-7-6-8-10-12/h6-10,13-14,16,20H,5,11H2,1-4H3. The van der Waals surface area contributed by atoms with E-state index in [1.54, 1.807) is 30.3 Å². The van der Waals surface area contributed by atoms with Crippen LogP contribution in [0.1, 0.15) is 50.9 Å². The number of aliphatic hydroxyl groups excluding tert-OH is 1. The molecule has 0 aliphatic carbocycles. The molecule has 0 spiro atoms. The molecule has 1 N–H and O–H groups in total. The van der Waals surface area contributed by atoms with Crippen molar-refractivity contribution in [3.63, 3.8) is 0 Å². The van der Waals surface area contributed by atoms with Gasteiger partial charge in [0, 0.05) is 16.9 Å². The van der Waals surface area contributed by atoms with Gasteiger partial charge in [0.05, 0.1) is 0 Å². The molecule has 0 heterocycles. The second-order valence-corrected chi connectivity index (χ2v) is 6.73. The normalized spacial score (nSPS) is 15.9. The van der Waals surface area contributed by atoms with Crippen LogP contribution in [0.5, 0.6) is 0 Å². The van der Waals surface area contributed by atoms with Crippen LogP contribution in [0.4, 0.5) is 0 Å². The Morgan fingerprint density at radius 1 is 1.27 bits per heavy atom. The van der Waals surface area contributed by atoms with Crippen LogP contribution >= 0.6 is 0 Å². The van der Waals surface area contributed by atoms with E-state index in [4.69, 9.17) is 0 Å². The highest BCUT2D eigenvalue weighted by Gasteiger charge is 2.39. The first kappa shape index (κ1) is 18.3. The van der Waals surface area contributed by atoms with Crippen LogP contribution in [0.15, 0.2) is 30.3 Å². The van der Waals surface area contributed by atoms with E-state index in [0.717, 1.165) is 6.42 Å². The van der Waals surface area contributed by atoms with Crippen LogP contribution in [-0.4, -0.2) is 28.0 Å². The third-order valence-electron chi connectivity index (χ3n) is 4.21. The number of carbonyl (C=O) groups excluding carboxylic acids is 1. The molecule has 22 heavy (non-hydrogen) atoms. The number of rotatable bonds is 7. The van der Waals surface area contributed by atoms with Crippen molar-refractivity contribution in [3.8, 4) is 0 Å². The highest BCUT2D eigenvalue weighted by molar-refractivity contribution is 5.99. The Labute approximate surface area is 131 Å². The van der Waals surface area contributed by atoms with Crippen LogP contribution in [0.2, 0.25) is 0 Å². The van der Waals surface area contributed by atoms with Gasteiger partial charge in [-0.3, -0.25) is 14.9 Å². The quantitative estimate of drug-likeness (QED) is 0.476. The number of benzene rings is 1. The molecule has 0 radical (unpaired) electrons. The fraction of sp³-hybridized carbons (Fsp3) is 0.588. The molecule has 3 unspecified atom stereocenters. The first-order valence-electron chi connectivity index (χ1n) is 7.59. The van der Waals surface area contributed by atoms with E-state index in [1.807, 2.05) is 27.7 Å². The molecule has 1 aromatic carbocycles. The third kappa shape index (κ3) is 4.63. The summed E-state index contributed by atoms with van der Waals surface area (Å²) in [6.45, 7) is 8.02. The van der Waals surface area contributed by atoms with E-state index in [9.17, 15) is 20.0 Å². The van der Waals surface area contributed by atoms with Crippen LogP contribution in [0.25, 0.3) is 0 Å². The van der Waals surface area contributed by atoms with Gasteiger partial charge in [0.2, 0.25) is 6.04 Å². The molecule has 1 rings (SSSR count). The fourth-order valence-corrected chi connectivity index (χ4v) is 2.70. The van der Waals surface area contributed by atoms with E-state index in [1.165, 1.54) is 0 Å². The molecule has 3 atom stereocenters. The molecule has 0 saturated heterocycles. The molecular weight excluding hydrogens is 282 g/mol. The Morgan fingerprint density at radius 2 is 1.82 bits per heavy atom. The zero-order chi connectivity index (χ0) is 16.9. The number of hydrogen-bond donors (Lipinski definition) is 1. The van der Waals surface area contributed by atoms with Gasteiger partial charge in [0.25, 0.3) is 0 Å². The Hall–Kier alpha value is -1.75. The second kappa shape index (κ2) is 7.49. The summed E-state index contributed by atoms with van der Waals surface area (Å²) in [4.78, 5) is 23.1. The number of aliphatic hydroxyl groups is 1. The summed E-state index contributed by atoms with van der Waals surface area (Å²) >= 11 is 0. The summed E-state index contributed by atoms with van der Waals surface area (Å²) in [5.41, 5.74) is 0.184. The highest BCUT2D eigenvalue weighted by Crippen LogP contribution is 2.33. The molecule has 0 fully saturated rings. The van der Waals surface area contributed by atoms with Crippen LogP contribution in [0, 0.1) is 21.4 Å². The molecule has 0 aromatic heterocycles. The average molecular weight is 307 g/mol. The monoisotopic (exact) mass is 307 g/mol. The molecule has 0 bridgehead atoms. The molecule has 0 amide bonds. The van der Waals surface area contributed by atoms with Gasteiger partial charge in [-0.15, -0.1) is 0 Å². The van der Waals surface area contributed by atoms with Gasteiger partial charge in [-0.05, 0) is 11.3 Å². The minimum atomic E-state index is -1.62. The Kier molecular flexibility index (Phi) is 6.23. The number of nitrogens with zero attached hydrogens (tertiary/aromatic N) is 1. The van der Waals surface area contributed by atoms with Gasteiger partial charge in [-0.2, -0.15) is 0 Å². The first-order valence-corrected chi connectivity index (χ1v) is 7.59. The number of ketones is 1. The van der Waals surface area contributed by atoms with E-state index in [2.05, 4.69) is 0 Å². The van der Waals surface area contributed by atoms with E-state index in [0.29, 0.717) is 5.56 Å². The molecule has 5 heteroatoms. The maximum atomic E-state index is 12.3.